The van der Waals surface area contributed by atoms with E-state index in [0.717, 1.165) is 28.5 Å². The van der Waals surface area contributed by atoms with Gasteiger partial charge in [-0.1, -0.05) is 42.5 Å². The molecule has 1 N–H and O–H groups in total. The number of nitrogens with one attached hydrogen (secondary N) is 1. The van der Waals surface area contributed by atoms with Crippen molar-refractivity contribution in [3.63, 3.8) is 0 Å². The summed E-state index contributed by atoms with van der Waals surface area (Å²) in [6, 6.07) is 17.3. The zero-order chi connectivity index (χ0) is 14.8. The van der Waals surface area contributed by atoms with E-state index in [1.165, 1.54) is 6.07 Å². The normalized spacial score (nSPS) is 12.3. The predicted octanol–water partition coefficient (Wildman–Crippen LogP) is 5.29. The summed E-state index contributed by atoms with van der Waals surface area (Å²) in [6.07, 6.45) is 0. The SMILES string of the molecule is CC(Nc1cc(F)ccc1F)c1cccc2ccccc12. The molecule has 0 aliphatic carbocycles. The van der Waals surface area contributed by atoms with Crippen molar-refractivity contribution in [3.8, 4) is 0 Å². The standard InChI is InChI=1S/C18H15F2N/c1-12(21-18-11-14(19)9-10-17(18)20)15-8-4-6-13-5-2-3-7-16(13)15/h2-12,21H,1H3. The van der Waals surface area contributed by atoms with E-state index in [-0.39, 0.29) is 11.7 Å². The molecular formula is C18H15F2N. The summed E-state index contributed by atoms with van der Waals surface area (Å²) in [5.74, 6) is -0.910. The molecule has 1 atom stereocenters. The molecule has 0 aliphatic heterocycles. The summed E-state index contributed by atoms with van der Waals surface area (Å²) in [5, 5.41) is 5.28. The van der Waals surface area contributed by atoms with Crippen LogP contribution in [-0.2, 0) is 0 Å². The molecule has 0 amide bonds. The lowest BCUT2D eigenvalue weighted by molar-refractivity contribution is 0.600. The average Bonchev–Trinajstić information content (AvgIpc) is 2.50. The third-order valence-electron chi connectivity index (χ3n) is 3.59. The minimum atomic E-state index is -0.455. The van der Waals surface area contributed by atoms with Crippen LogP contribution in [0.5, 0.6) is 0 Å². The molecule has 0 aliphatic rings. The third-order valence-corrected chi connectivity index (χ3v) is 3.59. The summed E-state index contributed by atoms with van der Waals surface area (Å²) in [7, 11) is 0. The van der Waals surface area contributed by atoms with Crippen molar-refractivity contribution in [3.05, 3.63) is 77.9 Å². The molecule has 0 saturated heterocycles. The Morgan fingerprint density at radius 2 is 1.67 bits per heavy atom. The first-order valence-corrected chi connectivity index (χ1v) is 6.84. The van der Waals surface area contributed by atoms with Gasteiger partial charge in [-0.2, -0.15) is 0 Å². The van der Waals surface area contributed by atoms with Crippen LogP contribution in [0.1, 0.15) is 18.5 Å². The molecule has 0 spiro atoms. The van der Waals surface area contributed by atoms with Gasteiger partial charge >= 0.3 is 0 Å². The molecule has 0 radical (unpaired) electrons. The molecular weight excluding hydrogens is 268 g/mol. The van der Waals surface area contributed by atoms with Crippen molar-refractivity contribution in [2.75, 3.05) is 5.32 Å². The highest BCUT2D eigenvalue weighted by molar-refractivity contribution is 5.86. The quantitative estimate of drug-likeness (QED) is 0.688. The highest BCUT2D eigenvalue weighted by atomic mass is 19.1. The van der Waals surface area contributed by atoms with E-state index >= 15 is 0 Å². The summed E-state index contributed by atoms with van der Waals surface area (Å²) >= 11 is 0. The zero-order valence-corrected chi connectivity index (χ0v) is 11.6. The number of anilines is 1. The Kier molecular flexibility index (Phi) is 3.57. The van der Waals surface area contributed by atoms with Crippen LogP contribution in [0, 0.1) is 11.6 Å². The minimum absolute atomic E-state index is 0.132. The predicted molar refractivity (Wildman–Crippen MR) is 82.3 cm³/mol. The van der Waals surface area contributed by atoms with E-state index in [4.69, 9.17) is 0 Å². The van der Waals surface area contributed by atoms with Crippen LogP contribution in [0.4, 0.5) is 14.5 Å². The maximum Gasteiger partial charge on any atom is 0.146 e. The molecule has 0 heterocycles. The van der Waals surface area contributed by atoms with Crippen LogP contribution in [-0.4, -0.2) is 0 Å². The molecule has 1 nitrogen and oxygen atoms in total. The molecule has 0 aromatic heterocycles. The maximum absolute atomic E-state index is 13.7. The molecule has 0 fully saturated rings. The Bertz CT molecular complexity index is 778. The van der Waals surface area contributed by atoms with Crippen LogP contribution in [0.15, 0.2) is 60.7 Å². The smallest absolute Gasteiger partial charge is 0.146 e. The first-order chi connectivity index (χ1) is 10.1. The van der Waals surface area contributed by atoms with Gasteiger partial charge < -0.3 is 5.32 Å². The fourth-order valence-electron chi connectivity index (χ4n) is 2.55. The Morgan fingerprint density at radius 1 is 0.905 bits per heavy atom. The Balaban J connectivity index is 1.97. The molecule has 1 unspecified atom stereocenters. The fraction of sp³-hybridized carbons (Fsp3) is 0.111. The molecule has 21 heavy (non-hydrogen) atoms. The molecule has 3 rings (SSSR count). The second kappa shape index (κ2) is 5.52. The Labute approximate surface area is 122 Å². The van der Waals surface area contributed by atoms with Gasteiger partial charge in [-0.05, 0) is 41.5 Å². The van der Waals surface area contributed by atoms with Crippen LogP contribution < -0.4 is 5.32 Å². The topological polar surface area (TPSA) is 12.0 Å². The first kappa shape index (κ1) is 13.6. The monoisotopic (exact) mass is 283 g/mol. The van der Waals surface area contributed by atoms with Crippen LogP contribution >= 0.6 is 0 Å². The van der Waals surface area contributed by atoms with Crippen molar-refractivity contribution in [1.82, 2.24) is 0 Å². The molecule has 106 valence electrons. The van der Waals surface area contributed by atoms with E-state index < -0.39 is 11.6 Å². The molecule has 3 aromatic carbocycles. The molecule has 0 bridgehead atoms. The van der Waals surface area contributed by atoms with Gasteiger partial charge in [0.1, 0.15) is 11.6 Å². The van der Waals surface area contributed by atoms with E-state index in [2.05, 4.69) is 5.32 Å². The largest absolute Gasteiger partial charge is 0.376 e. The highest BCUT2D eigenvalue weighted by Crippen LogP contribution is 2.28. The van der Waals surface area contributed by atoms with Gasteiger partial charge in [0.25, 0.3) is 0 Å². The summed E-state index contributed by atoms with van der Waals surface area (Å²) in [5.41, 5.74) is 1.23. The van der Waals surface area contributed by atoms with Gasteiger partial charge in [-0.25, -0.2) is 8.78 Å². The second-order valence-electron chi connectivity index (χ2n) is 5.06. The van der Waals surface area contributed by atoms with Crippen LogP contribution in [0.2, 0.25) is 0 Å². The zero-order valence-electron chi connectivity index (χ0n) is 11.6. The highest BCUT2D eigenvalue weighted by Gasteiger charge is 2.11. The van der Waals surface area contributed by atoms with Crippen LogP contribution in [0.3, 0.4) is 0 Å². The lowest BCUT2D eigenvalue weighted by Gasteiger charge is -2.18. The summed E-state index contributed by atoms with van der Waals surface area (Å²) in [6.45, 7) is 1.94. The molecule has 3 heteroatoms. The van der Waals surface area contributed by atoms with Gasteiger partial charge in [-0.15, -0.1) is 0 Å². The summed E-state index contributed by atoms with van der Waals surface area (Å²) in [4.78, 5) is 0. The van der Waals surface area contributed by atoms with Gasteiger partial charge in [0.2, 0.25) is 0 Å². The first-order valence-electron chi connectivity index (χ1n) is 6.84. The van der Waals surface area contributed by atoms with E-state index in [0.29, 0.717) is 0 Å². The van der Waals surface area contributed by atoms with Crippen molar-refractivity contribution in [2.45, 2.75) is 13.0 Å². The lowest BCUT2D eigenvalue weighted by atomic mass is 9.99. The van der Waals surface area contributed by atoms with Crippen molar-refractivity contribution >= 4 is 16.5 Å². The van der Waals surface area contributed by atoms with Gasteiger partial charge in [0, 0.05) is 6.04 Å². The fourth-order valence-corrected chi connectivity index (χ4v) is 2.55. The number of hydrogen-bond acceptors (Lipinski definition) is 1. The minimum Gasteiger partial charge on any atom is -0.376 e. The number of fused-ring (bicyclic) bond motifs is 1. The van der Waals surface area contributed by atoms with Crippen molar-refractivity contribution in [2.24, 2.45) is 0 Å². The van der Waals surface area contributed by atoms with E-state index in [1.54, 1.807) is 0 Å². The van der Waals surface area contributed by atoms with Crippen LogP contribution in [0.25, 0.3) is 10.8 Å². The third kappa shape index (κ3) is 2.72. The number of benzene rings is 3. The number of halogens is 2. The average molecular weight is 283 g/mol. The lowest BCUT2D eigenvalue weighted by Crippen LogP contribution is -2.08. The Hall–Kier alpha value is -2.42. The van der Waals surface area contributed by atoms with E-state index in [9.17, 15) is 8.78 Å². The second-order valence-corrected chi connectivity index (χ2v) is 5.06. The van der Waals surface area contributed by atoms with Crippen molar-refractivity contribution in [1.29, 1.82) is 0 Å². The number of rotatable bonds is 3. The van der Waals surface area contributed by atoms with Crippen molar-refractivity contribution < 1.29 is 8.78 Å². The molecule has 0 saturated carbocycles. The molecule has 3 aromatic rings. The Morgan fingerprint density at radius 3 is 2.52 bits per heavy atom. The summed E-state index contributed by atoms with van der Waals surface area (Å²) < 4.78 is 27.0. The van der Waals surface area contributed by atoms with Gasteiger partial charge in [-0.3, -0.25) is 0 Å². The number of hydrogen-bond donors (Lipinski definition) is 1. The maximum atomic E-state index is 13.7. The van der Waals surface area contributed by atoms with Gasteiger partial charge in [0.05, 0.1) is 5.69 Å². The van der Waals surface area contributed by atoms with E-state index in [1.807, 2.05) is 49.4 Å². The van der Waals surface area contributed by atoms with Gasteiger partial charge in [0.15, 0.2) is 0 Å².